The maximum absolute atomic E-state index is 13.5. The van der Waals surface area contributed by atoms with E-state index in [0.29, 0.717) is 47.1 Å². The highest BCUT2D eigenvalue weighted by Gasteiger charge is 2.24. The Morgan fingerprint density at radius 1 is 1.20 bits per heavy atom. The van der Waals surface area contributed by atoms with Crippen molar-refractivity contribution < 1.29 is 27.8 Å². The molecule has 1 aliphatic rings. The second kappa shape index (κ2) is 10.8. The number of carbonyl (C=O) groups is 1. The standard InChI is InChI=1S/C28H25F2N6O4P/c1-14-6-25(39-22-4-2-3-5-24(22)41)32-11-21(14)36-27(31)17(10-33-36)26(37)20-7-15-8-23(40-28(29)30)19(9-18(15)35-20)34-16-12-38-13-16/h2-11,16,28,34-35H,12-13,31,41H2,1H3. The van der Waals surface area contributed by atoms with Crippen LogP contribution in [-0.4, -0.2) is 51.4 Å². The number of carbonyl (C=O) groups excluding carboxylic acids is 1. The number of nitrogens with zero attached hydrogens (tertiary/aromatic N) is 3. The second-order valence-electron chi connectivity index (χ2n) is 9.51. The van der Waals surface area contributed by atoms with Gasteiger partial charge >= 0.3 is 6.61 Å². The van der Waals surface area contributed by atoms with Gasteiger partial charge in [0.1, 0.15) is 17.3 Å². The molecule has 210 valence electrons. The lowest BCUT2D eigenvalue weighted by Gasteiger charge is -2.28. The number of pyridine rings is 1. The number of hydrogen-bond acceptors (Lipinski definition) is 8. The Kier molecular flexibility index (Phi) is 7.02. The summed E-state index contributed by atoms with van der Waals surface area (Å²) in [5.41, 5.74) is 9.05. The molecule has 0 radical (unpaired) electrons. The van der Waals surface area contributed by atoms with Crippen molar-refractivity contribution in [2.75, 3.05) is 24.3 Å². The minimum absolute atomic E-state index is 0.0193. The van der Waals surface area contributed by atoms with E-state index < -0.39 is 12.4 Å². The van der Waals surface area contributed by atoms with E-state index in [-0.39, 0.29) is 28.9 Å². The number of para-hydroxylation sites is 1. The number of rotatable bonds is 9. The molecular formula is C28H25F2N6O4P. The van der Waals surface area contributed by atoms with Crippen LogP contribution < -0.4 is 25.8 Å². The highest BCUT2D eigenvalue weighted by atomic mass is 31.0. The van der Waals surface area contributed by atoms with E-state index in [9.17, 15) is 13.6 Å². The number of aromatic nitrogens is 4. The van der Waals surface area contributed by atoms with Crippen LogP contribution in [-0.2, 0) is 4.74 Å². The van der Waals surface area contributed by atoms with Crippen molar-refractivity contribution in [1.82, 2.24) is 19.7 Å². The quantitative estimate of drug-likeness (QED) is 0.171. The SMILES string of the molecule is Cc1cc(Oc2ccccc2P)ncc1-n1ncc(C(=O)c2cc3cc(OC(F)F)c(NC4COC4)cc3[nH]2)c1N. The first-order valence-electron chi connectivity index (χ1n) is 12.6. The number of anilines is 2. The van der Waals surface area contributed by atoms with E-state index in [2.05, 4.69) is 29.6 Å². The van der Waals surface area contributed by atoms with Crippen LogP contribution in [0, 0.1) is 6.92 Å². The molecule has 5 aromatic rings. The molecule has 1 aliphatic heterocycles. The first kappa shape index (κ1) is 26.7. The second-order valence-corrected chi connectivity index (χ2v) is 10.1. The molecule has 0 aliphatic carbocycles. The molecule has 4 N–H and O–H groups in total. The molecule has 4 heterocycles. The summed E-state index contributed by atoms with van der Waals surface area (Å²) in [4.78, 5) is 20.9. The summed E-state index contributed by atoms with van der Waals surface area (Å²) in [5.74, 6) is 0.744. The number of nitrogens with one attached hydrogen (secondary N) is 2. The van der Waals surface area contributed by atoms with Crippen molar-refractivity contribution in [2.24, 2.45) is 0 Å². The van der Waals surface area contributed by atoms with Crippen molar-refractivity contribution in [2.45, 2.75) is 19.6 Å². The molecule has 1 saturated heterocycles. The summed E-state index contributed by atoms with van der Waals surface area (Å²) in [6.07, 6.45) is 2.95. The summed E-state index contributed by atoms with van der Waals surface area (Å²) in [7, 11) is 2.61. The first-order valence-corrected chi connectivity index (χ1v) is 13.2. The van der Waals surface area contributed by atoms with E-state index >= 15 is 0 Å². The topological polar surface area (TPSA) is 129 Å². The summed E-state index contributed by atoms with van der Waals surface area (Å²) in [6.45, 7) is -0.227. The van der Waals surface area contributed by atoms with Gasteiger partial charge < -0.3 is 30.2 Å². The third-order valence-electron chi connectivity index (χ3n) is 6.65. The molecule has 2 aromatic carbocycles. The number of nitrogens with two attached hydrogens (primary N) is 1. The van der Waals surface area contributed by atoms with E-state index in [4.69, 9.17) is 19.9 Å². The molecule has 10 nitrogen and oxygen atoms in total. The number of halogens is 2. The molecule has 0 saturated carbocycles. The van der Waals surface area contributed by atoms with Crippen LogP contribution in [0.4, 0.5) is 20.3 Å². The number of ether oxygens (including phenoxy) is 3. The fourth-order valence-electron chi connectivity index (χ4n) is 4.48. The zero-order chi connectivity index (χ0) is 28.7. The lowest BCUT2D eigenvalue weighted by atomic mass is 10.1. The highest BCUT2D eigenvalue weighted by Crippen LogP contribution is 2.34. The molecule has 0 spiro atoms. The van der Waals surface area contributed by atoms with Crippen LogP contribution in [0.5, 0.6) is 17.4 Å². The van der Waals surface area contributed by atoms with Crippen LogP contribution in [0.15, 0.2) is 60.9 Å². The summed E-state index contributed by atoms with van der Waals surface area (Å²) in [6, 6.07) is 13.9. The Morgan fingerprint density at radius 2 is 2.00 bits per heavy atom. The lowest BCUT2D eigenvalue weighted by Crippen LogP contribution is -2.40. The number of H-pyrrole nitrogens is 1. The predicted molar refractivity (Wildman–Crippen MR) is 153 cm³/mol. The maximum Gasteiger partial charge on any atom is 0.387 e. The number of nitrogen functional groups attached to an aromatic ring is 1. The number of benzene rings is 2. The van der Waals surface area contributed by atoms with Crippen molar-refractivity contribution in [3.05, 3.63) is 77.7 Å². The molecule has 6 rings (SSSR count). The molecule has 1 unspecified atom stereocenters. The van der Waals surface area contributed by atoms with Gasteiger partial charge in [-0.05, 0) is 36.8 Å². The summed E-state index contributed by atoms with van der Waals surface area (Å²) in [5, 5.41) is 8.88. The average Bonchev–Trinajstić information content (AvgIpc) is 3.50. The third-order valence-corrected chi connectivity index (χ3v) is 7.13. The number of alkyl halides is 2. The Balaban J connectivity index is 1.27. The van der Waals surface area contributed by atoms with Crippen LogP contribution in [0.2, 0.25) is 0 Å². The number of ketones is 1. The van der Waals surface area contributed by atoms with Gasteiger partial charge in [0.05, 0.1) is 54.3 Å². The van der Waals surface area contributed by atoms with Gasteiger partial charge in [0.25, 0.3) is 0 Å². The molecule has 1 atom stereocenters. The van der Waals surface area contributed by atoms with Crippen LogP contribution >= 0.6 is 9.24 Å². The van der Waals surface area contributed by atoms with Gasteiger partial charge in [-0.3, -0.25) is 4.79 Å². The molecule has 41 heavy (non-hydrogen) atoms. The molecule has 0 bridgehead atoms. The molecular weight excluding hydrogens is 553 g/mol. The number of fused-ring (bicyclic) bond motifs is 1. The van der Waals surface area contributed by atoms with Gasteiger partial charge in [0, 0.05) is 22.3 Å². The van der Waals surface area contributed by atoms with Crippen LogP contribution in [0.1, 0.15) is 21.6 Å². The number of aryl methyl sites for hydroxylation is 1. The third kappa shape index (κ3) is 5.31. The lowest BCUT2D eigenvalue weighted by molar-refractivity contribution is -0.0494. The van der Waals surface area contributed by atoms with Gasteiger partial charge in [-0.2, -0.15) is 13.9 Å². The monoisotopic (exact) mass is 578 g/mol. The van der Waals surface area contributed by atoms with Gasteiger partial charge in [-0.25, -0.2) is 9.67 Å². The van der Waals surface area contributed by atoms with Crippen molar-refractivity contribution in [3.8, 4) is 23.1 Å². The predicted octanol–water partition coefficient (Wildman–Crippen LogP) is 4.58. The van der Waals surface area contributed by atoms with Crippen molar-refractivity contribution in [3.63, 3.8) is 0 Å². The fraction of sp³-hybridized carbons (Fsp3) is 0.179. The van der Waals surface area contributed by atoms with E-state index in [1.807, 2.05) is 31.2 Å². The normalized spacial score (nSPS) is 13.4. The summed E-state index contributed by atoms with van der Waals surface area (Å²) >= 11 is 0. The summed E-state index contributed by atoms with van der Waals surface area (Å²) < 4.78 is 43.3. The zero-order valence-electron chi connectivity index (χ0n) is 21.7. The molecule has 0 amide bonds. The Hall–Kier alpha value is -4.54. The van der Waals surface area contributed by atoms with E-state index in [1.54, 1.807) is 24.4 Å². The number of aromatic amines is 1. The van der Waals surface area contributed by atoms with Crippen LogP contribution in [0.25, 0.3) is 16.6 Å². The van der Waals surface area contributed by atoms with Crippen molar-refractivity contribution >= 4 is 42.7 Å². The smallest absolute Gasteiger partial charge is 0.387 e. The maximum atomic E-state index is 13.5. The van der Waals surface area contributed by atoms with Crippen molar-refractivity contribution in [1.29, 1.82) is 0 Å². The van der Waals surface area contributed by atoms with Crippen LogP contribution in [0.3, 0.4) is 0 Å². The highest BCUT2D eigenvalue weighted by molar-refractivity contribution is 7.27. The minimum atomic E-state index is -3.00. The molecule has 3 aromatic heterocycles. The Bertz CT molecular complexity index is 1770. The molecule has 1 fully saturated rings. The average molecular weight is 579 g/mol. The number of hydrogen-bond donors (Lipinski definition) is 3. The molecule has 13 heteroatoms. The van der Waals surface area contributed by atoms with Gasteiger partial charge in [-0.15, -0.1) is 9.24 Å². The minimum Gasteiger partial charge on any atom is -0.438 e. The largest absolute Gasteiger partial charge is 0.438 e. The van der Waals surface area contributed by atoms with Gasteiger partial charge in [-0.1, -0.05) is 18.2 Å². The Labute approximate surface area is 235 Å². The van der Waals surface area contributed by atoms with E-state index in [1.165, 1.54) is 16.9 Å². The first-order chi connectivity index (χ1) is 19.8. The Morgan fingerprint density at radius 3 is 2.71 bits per heavy atom. The van der Waals surface area contributed by atoms with Gasteiger partial charge in [0.2, 0.25) is 11.7 Å². The zero-order valence-corrected chi connectivity index (χ0v) is 22.9. The van der Waals surface area contributed by atoms with Gasteiger partial charge in [0.15, 0.2) is 0 Å². The fourth-order valence-corrected chi connectivity index (χ4v) is 4.75. The van der Waals surface area contributed by atoms with E-state index in [0.717, 1.165) is 10.9 Å².